The normalized spacial score (nSPS) is 17.2. The summed E-state index contributed by atoms with van der Waals surface area (Å²) >= 11 is 0. The molecule has 0 amide bonds. The van der Waals surface area contributed by atoms with Crippen LogP contribution in [0.1, 0.15) is 76.3 Å². The molecule has 35 heavy (non-hydrogen) atoms. The Morgan fingerprint density at radius 1 is 1.06 bits per heavy atom. The van der Waals surface area contributed by atoms with E-state index in [0.29, 0.717) is 0 Å². The fraction of sp³-hybridized carbons (Fsp3) is 0.419. The number of allylic oxidation sites excluding steroid dienone is 4. The maximum atomic E-state index is 10.9. The molecule has 1 aliphatic rings. The van der Waals surface area contributed by atoms with E-state index in [1.165, 1.54) is 41.8 Å². The first-order valence-electron chi connectivity index (χ1n) is 12.8. The number of carboxylic acid groups (broad SMARTS) is 1. The van der Waals surface area contributed by atoms with E-state index < -0.39 is 5.97 Å². The molecule has 4 heteroatoms. The van der Waals surface area contributed by atoms with Crippen LogP contribution in [0.4, 0.5) is 5.69 Å². The van der Waals surface area contributed by atoms with Crippen LogP contribution >= 0.6 is 0 Å². The van der Waals surface area contributed by atoms with Crippen molar-refractivity contribution in [2.24, 2.45) is 0 Å². The van der Waals surface area contributed by atoms with Gasteiger partial charge in [0.05, 0.1) is 0 Å². The van der Waals surface area contributed by atoms with Gasteiger partial charge in [0, 0.05) is 24.3 Å². The van der Waals surface area contributed by atoms with Crippen molar-refractivity contribution < 1.29 is 65.9 Å². The first-order chi connectivity index (χ1) is 16.6. The van der Waals surface area contributed by atoms with Gasteiger partial charge in [0.15, 0.2) is 5.71 Å². The van der Waals surface area contributed by atoms with Crippen LogP contribution in [0.2, 0.25) is 0 Å². The van der Waals surface area contributed by atoms with Crippen molar-refractivity contribution in [1.29, 1.82) is 0 Å². The number of hydrogen-bond donors (Lipinski definition) is 1. The van der Waals surface area contributed by atoms with E-state index in [0.717, 1.165) is 38.6 Å². The molecule has 180 valence electrons. The Morgan fingerprint density at radius 2 is 1.86 bits per heavy atom. The Hall–Kier alpha value is -1.30. The smallest absolute Gasteiger partial charge is 0.481 e. The molecule has 0 bridgehead atoms. The summed E-state index contributed by atoms with van der Waals surface area (Å²) in [4.78, 5) is 10.9. The van der Waals surface area contributed by atoms with Crippen molar-refractivity contribution in [3.8, 4) is 0 Å². The molecule has 1 atom stereocenters. The van der Waals surface area contributed by atoms with Crippen LogP contribution in [0.3, 0.4) is 0 Å². The topological polar surface area (TPSA) is 40.3 Å². The van der Waals surface area contributed by atoms with Crippen molar-refractivity contribution in [3.05, 3.63) is 90.0 Å². The van der Waals surface area contributed by atoms with Gasteiger partial charge in [0.2, 0.25) is 0 Å². The molecule has 3 rings (SSSR count). The van der Waals surface area contributed by atoms with E-state index in [1.54, 1.807) is 0 Å². The first kappa shape index (κ1) is 29.9. The fourth-order valence-corrected chi connectivity index (χ4v) is 4.94. The van der Waals surface area contributed by atoms with Gasteiger partial charge in [-0.25, -0.2) is 4.58 Å². The Balaban J connectivity index is 0.00000432. The zero-order chi connectivity index (χ0) is 24.2. The predicted molar refractivity (Wildman–Crippen MR) is 141 cm³/mol. The number of fused-ring (bicyclic) bond motifs is 1. The van der Waals surface area contributed by atoms with Crippen molar-refractivity contribution >= 4 is 17.4 Å². The van der Waals surface area contributed by atoms with E-state index >= 15 is 0 Å². The summed E-state index contributed by atoms with van der Waals surface area (Å²) in [6.45, 7) is 5.62. The van der Waals surface area contributed by atoms with Gasteiger partial charge < -0.3 is 5.11 Å². The molecule has 3 nitrogen and oxygen atoms in total. The SMILES string of the molecule is CCCCC[N+]1=C(C=CC=CCc2ccccc2)C(C)(CCCCCC(=O)O)c2c[c-]ccc21.[K+]. The van der Waals surface area contributed by atoms with Crippen LogP contribution in [0.25, 0.3) is 0 Å². The number of benzene rings is 2. The van der Waals surface area contributed by atoms with E-state index in [9.17, 15) is 4.79 Å². The minimum Gasteiger partial charge on any atom is -0.481 e. The molecule has 0 fully saturated rings. The second-order valence-corrected chi connectivity index (χ2v) is 9.45. The minimum absolute atomic E-state index is 0. The van der Waals surface area contributed by atoms with Crippen LogP contribution in [-0.4, -0.2) is 27.9 Å². The zero-order valence-electron chi connectivity index (χ0n) is 21.8. The fourth-order valence-electron chi connectivity index (χ4n) is 4.94. The van der Waals surface area contributed by atoms with Gasteiger partial charge in [-0.05, 0) is 31.2 Å². The minimum atomic E-state index is -0.702. The molecule has 2 aromatic carbocycles. The van der Waals surface area contributed by atoms with Crippen molar-refractivity contribution in [2.45, 2.75) is 77.0 Å². The molecule has 1 aliphatic heterocycles. The van der Waals surface area contributed by atoms with Crippen LogP contribution < -0.4 is 51.4 Å². The van der Waals surface area contributed by atoms with Crippen molar-refractivity contribution in [2.75, 3.05) is 6.54 Å². The average Bonchev–Trinajstić information content (AvgIpc) is 3.07. The molecule has 0 saturated heterocycles. The number of nitrogens with zero attached hydrogens (tertiary/aromatic N) is 1. The molecular weight excluding hydrogens is 457 g/mol. The van der Waals surface area contributed by atoms with Crippen molar-refractivity contribution in [3.63, 3.8) is 0 Å². The Labute approximate surface area is 254 Å². The maximum absolute atomic E-state index is 10.9. The standard InChI is InChI=1S/C31H39NO2.K/c1-3-4-16-25-32-28-21-14-13-20-27(28)31(2,24-15-7-12-23-30(33)34)29(32)22-11-6-10-19-26-17-8-5-9-18-26;/h5-6,8-11,14,17-18,20-22H,3-4,7,12,15-16,19,23-25H2,1-2H3,(H,33,34);/q;+1. The number of carbonyl (C=O) groups is 1. The molecule has 0 radical (unpaired) electrons. The summed E-state index contributed by atoms with van der Waals surface area (Å²) in [7, 11) is 0. The van der Waals surface area contributed by atoms with Crippen LogP contribution in [-0.2, 0) is 16.6 Å². The molecule has 0 aliphatic carbocycles. The van der Waals surface area contributed by atoms with Gasteiger partial charge in [-0.1, -0.05) is 87.2 Å². The van der Waals surface area contributed by atoms with Gasteiger partial charge in [-0.3, -0.25) is 4.79 Å². The van der Waals surface area contributed by atoms with Gasteiger partial charge in [0.1, 0.15) is 12.2 Å². The number of rotatable bonds is 14. The number of unbranched alkanes of at least 4 members (excludes halogenated alkanes) is 4. The Bertz CT molecular complexity index is 1030. The van der Waals surface area contributed by atoms with Gasteiger partial charge in [0.25, 0.3) is 0 Å². The van der Waals surface area contributed by atoms with E-state index in [-0.39, 0.29) is 63.2 Å². The molecule has 2 aromatic rings. The second-order valence-electron chi connectivity index (χ2n) is 9.45. The number of hydrogen-bond acceptors (Lipinski definition) is 1. The molecule has 0 aromatic heterocycles. The number of carboxylic acids is 1. The quantitative estimate of drug-likeness (QED) is 0.138. The van der Waals surface area contributed by atoms with Gasteiger partial charge in [-0.15, -0.1) is 6.07 Å². The Morgan fingerprint density at radius 3 is 2.60 bits per heavy atom. The monoisotopic (exact) mass is 496 g/mol. The summed E-state index contributed by atoms with van der Waals surface area (Å²) in [5.74, 6) is -0.702. The average molecular weight is 497 g/mol. The molecule has 0 saturated carbocycles. The molecule has 1 N–H and O–H groups in total. The predicted octanol–water partition coefficient (Wildman–Crippen LogP) is 4.43. The summed E-state index contributed by atoms with van der Waals surface area (Å²) in [5.41, 5.74) is 5.22. The third-order valence-corrected chi connectivity index (χ3v) is 6.83. The van der Waals surface area contributed by atoms with Crippen LogP contribution in [0, 0.1) is 6.07 Å². The van der Waals surface area contributed by atoms with Crippen molar-refractivity contribution in [1.82, 2.24) is 0 Å². The van der Waals surface area contributed by atoms with E-state index in [4.69, 9.17) is 5.11 Å². The molecule has 0 spiro atoms. The second kappa shape index (κ2) is 15.7. The third kappa shape index (κ3) is 8.65. The largest absolute Gasteiger partial charge is 1.00 e. The zero-order valence-corrected chi connectivity index (χ0v) is 24.9. The van der Waals surface area contributed by atoms with Crippen LogP contribution in [0.15, 0.2) is 72.8 Å². The van der Waals surface area contributed by atoms with Gasteiger partial charge in [-0.2, -0.15) is 18.2 Å². The summed E-state index contributed by atoms with van der Waals surface area (Å²) in [6.07, 6.45) is 17.4. The first-order valence-corrected chi connectivity index (χ1v) is 12.8. The van der Waals surface area contributed by atoms with E-state index in [1.807, 2.05) is 6.07 Å². The maximum Gasteiger partial charge on any atom is 1.00 e. The molecule has 1 unspecified atom stereocenters. The number of aliphatic carboxylic acids is 1. The van der Waals surface area contributed by atoms with Gasteiger partial charge >= 0.3 is 57.4 Å². The van der Waals surface area contributed by atoms with Crippen LogP contribution in [0.5, 0.6) is 0 Å². The summed E-state index contributed by atoms with van der Waals surface area (Å²) in [5, 5.41) is 8.97. The molecule has 1 heterocycles. The molecular formula is C31H39KNO2+. The summed E-state index contributed by atoms with van der Waals surface area (Å²) < 4.78 is 2.51. The Kier molecular flexibility index (Phi) is 13.4. The third-order valence-electron chi connectivity index (χ3n) is 6.83. The van der Waals surface area contributed by atoms with E-state index in [2.05, 4.69) is 91.3 Å². The summed E-state index contributed by atoms with van der Waals surface area (Å²) in [6, 6.07) is 20.2.